The molecule has 2 heteroatoms. The van der Waals surface area contributed by atoms with Crippen LogP contribution in [0.4, 0.5) is 0 Å². The fraction of sp³-hybridized carbons (Fsp3) is 1.00. The monoisotopic (exact) mass is 157 g/mol. The van der Waals surface area contributed by atoms with Gasteiger partial charge in [0.05, 0.1) is 0 Å². The lowest BCUT2D eigenvalue weighted by Gasteiger charge is -2.43. The van der Waals surface area contributed by atoms with E-state index < -0.39 is 0 Å². The number of ether oxygens (including phenoxy) is 1. The Morgan fingerprint density at radius 2 is 2.18 bits per heavy atom. The fourth-order valence-corrected chi connectivity index (χ4v) is 1.81. The van der Waals surface area contributed by atoms with E-state index in [1.807, 2.05) is 0 Å². The van der Waals surface area contributed by atoms with Crippen LogP contribution in [0, 0.1) is 0 Å². The Balaban J connectivity index is 2.22. The van der Waals surface area contributed by atoms with Crippen LogP contribution in [0.2, 0.25) is 0 Å². The summed E-state index contributed by atoms with van der Waals surface area (Å²) < 4.78 is 5.08. The lowest BCUT2D eigenvalue weighted by molar-refractivity contribution is 0.108. The molecule has 1 rings (SSSR count). The van der Waals surface area contributed by atoms with Crippen molar-refractivity contribution in [3.63, 3.8) is 0 Å². The van der Waals surface area contributed by atoms with Crippen LogP contribution in [0.25, 0.3) is 0 Å². The van der Waals surface area contributed by atoms with Gasteiger partial charge in [0.25, 0.3) is 0 Å². The van der Waals surface area contributed by atoms with Gasteiger partial charge in [0.15, 0.2) is 0 Å². The van der Waals surface area contributed by atoms with Gasteiger partial charge in [0.2, 0.25) is 0 Å². The second-order valence-corrected chi connectivity index (χ2v) is 3.45. The van der Waals surface area contributed by atoms with Gasteiger partial charge < -0.3 is 10.1 Å². The van der Waals surface area contributed by atoms with Gasteiger partial charge in [-0.3, -0.25) is 0 Å². The van der Waals surface area contributed by atoms with Gasteiger partial charge in [0, 0.05) is 19.3 Å². The average Bonchev–Trinajstić information content (AvgIpc) is 1.95. The van der Waals surface area contributed by atoms with Crippen molar-refractivity contribution in [2.45, 2.75) is 38.1 Å². The van der Waals surface area contributed by atoms with Gasteiger partial charge in [-0.25, -0.2) is 0 Å². The fourth-order valence-electron chi connectivity index (χ4n) is 1.81. The molecule has 1 heterocycles. The van der Waals surface area contributed by atoms with Gasteiger partial charge in [-0.2, -0.15) is 0 Å². The van der Waals surface area contributed by atoms with Crippen LogP contribution >= 0.6 is 0 Å². The van der Waals surface area contributed by atoms with Crippen LogP contribution in [0.5, 0.6) is 0 Å². The molecule has 1 aliphatic rings. The second-order valence-electron chi connectivity index (χ2n) is 3.45. The maximum absolute atomic E-state index is 5.08. The van der Waals surface area contributed by atoms with Crippen LogP contribution in [-0.2, 0) is 4.74 Å². The summed E-state index contributed by atoms with van der Waals surface area (Å²) in [6.45, 7) is 4.34. The molecule has 11 heavy (non-hydrogen) atoms. The largest absolute Gasteiger partial charge is 0.385 e. The smallest absolute Gasteiger partial charge is 0.0479 e. The third-order valence-electron chi connectivity index (χ3n) is 2.62. The lowest BCUT2D eigenvalue weighted by atomic mass is 9.81. The van der Waals surface area contributed by atoms with Crippen molar-refractivity contribution in [1.29, 1.82) is 0 Å². The van der Waals surface area contributed by atoms with Crippen molar-refractivity contribution in [2.24, 2.45) is 0 Å². The molecule has 66 valence electrons. The van der Waals surface area contributed by atoms with Gasteiger partial charge in [-0.05, 0) is 25.8 Å². The number of rotatable bonds is 5. The first kappa shape index (κ1) is 9.01. The van der Waals surface area contributed by atoms with Crippen molar-refractivity contribution in [1.82, 2.24) is 5.32 Å². The third-order valence-corrected chi connectivity index (χ3v) is 2.62. The Hall–Kier alpha value is -0.0800. The molecule has 0 aromatic rings. The molecule has 0 radical (unpaired) electrons. The van der Waals surface area contributed by atoms with Gasteiger partial charge in [0.1, 0.15) is 0 Å². The van der Waals surface area contributed by atoms with Crippen LogP contribution in [0.15, 0.2) is 0 Å². The second kappa shape index (κ2) is 4.07. The number of nitrogens with one attached hydrogen (secondary N) is 1. The maximum Gasteiger partial charge on any atom is 0.0479 e. The van der Waals surface area contributed by atoms with E-state index in [2.05, 4.69) is 12.2 Å². The molecule has 0 spiro atoms. The Labute approximate surface area is 69.3 Å². The molecular weight excluding hydrogens is 138 g/mol. The predicted molar refractivity (Wildman–Crippen MR) is 46.8 cm³/mol. The Morgan fingerprint density at radius 1 is 1.45 bits per heavy atom. The molecular formula is C9H19NO. The SMILES string of the molecule is CCCC1(CCOC)CCN1. The molecule has 1 aliphatic heterocycles. The molecule has 1 fully saturated rings. The van der Waals surface area contributed by atoms with Crippen LogP contribution in [0.1, 0.15) is 32.6 Å². The van der Waals surface area contributed by atoms with Crippen molar-refractivity contribution >= 4 is 0 Å². The minimum atomic E-state index is 0.449. The van der Waals surface area contributed by atoms with Gasteiger partial charge in [-0.1, -0.05) is 13.3 Å². The highest BCUT2D eigenvalue weighted by molar-refractivity contribution is 4.95. The molecule has 0 aromatic heterocycles. The predicted octanol–water partition coefficient (Wildman–Crippen LogP) is 1.56. The first-order valence-corrected chi connectivity index (χ1v) is 4.57. The Kier molecular flexibility index (Phi) is 3.34. The number of methoxy groups -OCH3 is 1. The molecule has 1 atom stereocenters. The summed E-state index contributed by atoms with van der Waals surface area (Å²) in [6.07, 6.45) is 5.09. The first-order valence-electron chi connectivity index (χ1n) is 4.57. The topological polar surface area (TPSA) is 21.3 Å². The van der Waals surface area contributed by atoms with E-state index in [4.69, 9.17) is 4.74 Å². The van der Waals surface area contributed by atoms with Crippen molar-refractivity contribution in [3.8, 4) is 0 Å². The lowest BCUT2D eigenvalue weighted by Crippen LogP contribution is -2.57. The molecule has 0 amide bonds. The van der Waals surface area contributed by atoms with E-state index in [0.717, 1.165) is 6.61 Å². The van der Waals surface area contributed by atoms with Crippen LogP contribution in [-0.4, -0.2) is 25.8 Å². The highest BCUT2D eigenvalue weighted by Crippen LogP contribution is 2.27. The zero-order valence-corrected chi connectivity index (χ0v) is 7.65. The molecule has 0 saturated carbocycles. The van der Waals surface area contributed by atoms with Crippen LogP contribution in [0.3, 0.4) is 0 Å². The van der Waals surface area contributed by atoms with E-state index in [-0.39, 0.29) is 0 Å². The van der Waals surface area contributed by atoms with Crippen molar-refractivity contribution < 1.29 is 4.74 Å². The normalized spacial score (nSPS) is 30.0. The molecule has 1 N–H and O–H groups in total. The molecule has 1 unspecified atom stereocenters. The van der Waals surface area contributed by atoms with Crippen molar-refractivity contribution in [2.75, 3.05) is 20.3 Å². The third kappa shape index (κ3) is 2.17. The highest BCUT2D eigenvalue weighted by atomic mass is 16.5. The quantitative estimate of drug-likeness (QED) is 0.654. The standard InChI is InChI=1S/C9H19NO/c1-3-4-9(5-7-10-9)6-8-11-2/h10H,3-8H2,1-2H3. The Morgan fingerprint density at radius 3 is 2.55 bits per heavy atom. The summed E-state index contributed by atoms with van der Waals surface area (Å²) in [6, 6.07) is 0. The Bertz CT molecular complexity index is 110. The van der Waals surface area contributed by atoms with E-state index in [0.29, 0.717) is 5.54 Å². The molecule has 0 bridgehead atoms. The van der Waals surface area contributed by atoms with E-state index in [1.54, 1.807) is 7.11 Å². The number of hydrogen-bond donors (Lipinski definition) is 1. The molecule has 1 saturated heterocycles. The molecule has 0 aromatic carbocycles. The van der Waals surface area contributed by atoms with E-state index in [9.17, 15) is 0 Å². The summed E-state index contributed by atoms with van der Waals surface area (Å²) in [5.41, 5.74) is 0.449. The summed E-state index contributed by atoms with van der Waals surface area (Å²) in [5.74, 6) is 0. The minimum Gasteiger partial charge on any atom is -0.385 e. The zero-order chi connectivity index (χ0) is 8.16. The summed E-state index contributed by atoms with van der Waals surface area (Å²) in [5, 5.41) is 3.51. The van der Waals surface area contributed by atoms with Gasteiger partial charge in [-0.15, -0.1) is 0 Å². The summed E-state index contributed by atoms with van der Waals surface area (Å²) in [7, 11) is 1.78. The average molecular weight is 157 g/mol. The minimum absolute atomic E-state index is 0.449. The number of hydrogen-bond acceptors (Lipinski definition) is 2. The highest BCUT2D eigenvalue weighted by Gasteiger charge is 2.34. The summed E-state index contributed by atoms with van der Waals surface area (Å²) >= 11 is 0. The van der Waals surface area contributed by atoms with Gasteiger partial charge >= 0.3 is 0 Å². The molecule has 2 nitrogen and oxygen atoms in total. The maximum atomic E-state index is 5.08. The zero-order valence-electron chi connectivity index (χ0n) is 7.65. The molecule has 0 aliphatic carbocycles. The van der Waals surface area contributed by atoms with E-state index in [1.165, 1.54) is 32.2 Å². The van der Waals surface area contributed by atoms with Crippen LogP contribution < -0.4 is 5.32 Å². The van der Waals surface area contributed by atoms with E-state index >= 15 is 0 Å². The first-order chi connectivity index (χ1) is 5.33. The van der Waals surface area contributed by atoms with Crippen molar-refractivity contribution in [3.05, 3.63) is 0 Å². The summed E-state index contributed by atoms with van der Waals surface area (Å²) in [4.78, 5) is 0.